The fourth-order valence-electron chi connectivity index (χ4n) is 2.14. The van der Waals surface area contributed by atoms with Gasteiger partial charge in [0.2, 0.25) is 0 Å². The number of carbonyl (C=O) groups excluding carboxylic acids is 1. The average Bonchev–Trinajstić information content (AvgIpc) is 3.05. The highest BCUT2D eigenvalue weighted by atomic mass is 16.1. The van der Waals surface area contributed by atoms with Crippen LogP contribution < -0.4 is 5.73 Å². The number of nitrogens with two attached hydrogens (primary N) is 1. The van der Waals surface area contributed by atoms with Crippen molar-refractivity contribution in [3.05, 3.63) is 54.0 Å². The van der Waals surface area contributed by atoms with Crippen LogP contribution in [0.25, 0.3) is 22.4 Å². The van der Waals surface area contributed by atoms with Crippen LogP contribution in [0, 0.1) is 11.3 Å². The summed E-state index contributed by atoms with van der Waals surface area (Å²) in [7, 11) is 0. The van der Waals surface area contributed by atoms with Crippen LogP contribution in [0.1, 0.15) is 16.2 Å². The van der Waals surface area contributed by atoms with Crippen molar-refractivity contribution in [3.63, 3.8) is 0 Å². The zero-order valence-electron chi connectivity index (χ0n) is 11.3. The van der Waals surface area contributed by atoms with E-state index in [1.165, 1.54) is 0 Å². The van der Waals surface area contributed by atoms with Crippen molar-refractivity contribution in [1.82, 2.24) is 20.4 Å². The molecular weight excluding hydrogens is 280 g/mol. The maximum atomic E-state index is 11.3. The van der Waals surface area contributed by atoms with Gasteiger partial charge < -0.3 is 5.73 Å². The number of hydrogen-bond donors (Lipinski definition) is 2. The molecule has 0 aliphatic carbocycles. The highest BCUT2D eigenvalue weighted by molar-refractivity contribution is 5.96. The molecule has 7 heteroatoms. The fraction of sp³-hybridized carbons (Fsp3) is 0. The van der Waals surface area contributed by atoms with Crippen molar-refractivity contribution in [2.45, 2.75) is 0 Å². The molecule has 0 fully saturated rings. The summed E-state index contributed by atoms with van der Waals surface area (Å²) in [5.74, 6) is -0.646. The average molecular weight is 290 g/mol. The van der Waals surface area contributed by atoms with Crippen molar-refractivity contribution < 1.29 is 4.79 Å². The predicted octanol–water partition coefficient (Wildman–Crippen LogP) is 1.50. The molecule has 0 radical (unpaired) electrons. The van der Waals surface area contributed by atoms with Crippen molar-refractivity contribution >= 4 is 5.91 Å². The molecule has 0 atom stereocenters. The minimum atomic E-state index is -0.646. The molecule has 0 saturated heterocycles. The Morgan fingerprint density at radius 1 is 1.14 bits per heavy atom. The van der Waals surface area contributed by atoms with Gasteiger partial charge in [-0.3, -0.25) is 4.79 Å². The van der Waals surface area contributed by atoms with E-state index in [9.17, 15) is 4.79 Å². The number of amides is 1. The van der Waals surface area contributed by atoms with E-state index in [-0.39, 0.29) is 5.69 Å². The lowest BCUT2D eigenvalue weighted by Crippen LogP contribution is -2.12. The first-order valence-electron chi connectivity index (χ1n) is 6.37. The van der Waals surface area contributed by atoms with Crippen molar-refractivity contribution in [2.24, 2.45) is 5.73 Å². The maximum absolute atomic E-state index is 11.3. The van der Waals surface area contributed by atoms with Gasteiger partial charge in [0, 0.05) is 17.3 Å². The van der Waals surface area contributed by atoms with E-state index >= 15 is 0 Å². The number of hydrogen-bond acceptors (Lipinski definition) is 5. The highest BCUT2D eigenvalue weighted by Gasteiger charge is 2.15. The number of aromatic amines is 1. The molecule has 106 valence electrons. The van der Waals surface area contributed by atoms with Gasteiger partial charge >= 0.3 is 0 Å². The van der Waals surface area contributed by atoms with Crippen LogP contribution in [0.2, 0.25) is 0 Å². The number of rotatable bonds is 3. The molecule has 2 aromatic heterocycles. The number of nitrogens with zero attached hydrogens (tertiary/aromatic N) is 4. The molecular formula is C15H10N6O. The molecule has 3 N–H and O–H groups in total. The molecule has 3 rings (SSSR count). The van der Waals surface area contributed by atoms with E-state index in [1.54, 1.807) is 24.4 Å². The molecule has 1 aromatic carbocycles. The topological polar surface area (TPSA) is 121 Å². The second-order valence-electron chi connectivity index (χ2n) is 4.47. The van der Waals surface area contributed by atoms with Crippen molar-refractivity contribution in [1.29, 1.82) is 5.26 Å². The number of primary amides is 1. The first-order valence-corrected chi connectivity index (χ1v) is 6.37. The Morgan fingerprint density at radius 3 is 2.55 bits per heavy atom. The Morgan fingerprint density at radius 2 is 1.86 bits per heavy atom. The zero-order chi connectivity index (χ0) is 15.5. The molecule has 0 spiro atoms. The Kier molecular flexibility index (Phi) is 3.34. The normalized spacial score (nSPS) is 10.1. The van der Waals surface area contributed by atoms with Crippen LogP contribution >= 0.6 is 0 Å². The SMILES string of the molecule is N#Cc1ncccc1-c1ccc(-c2n[nH]nc2C(N)=O)cc1. The van der Waals surface area contributed by atoms with Gasteiger partial charge in [0.15, 0.2) is 5.69 Å². The Balaban J connectivity index is 2.02. The third kappa shape index (κ3) is 2.29. The first-order chi connectivity index (χ1) is 10.7. The summed E-state index contributed by atoms with van der Waals surface area (Å²) in [6.07, 6.45) is 1.57. The third-order valence-electron chi connectivity index (χ3n) is 3.16. The lowest BCUT2D eigenvalue weighted by atomic mass is 10.0. The standard InChI is InChI=1S/C15H10N6O/c16-8-12-11(2-1-7-18-12)9-3-5-10(6-4-9)13-14(15(17)22)20-21-19-13/h1-7H,(H2,17,22)(H,19,20,21). The van der Waals surface area contributed by atoms with Gasteiger partial charge in [0.05, 0.1) is 0 Å². The molecule has 0 bridgehead atoms. The van der Waals surface area contributed by atoms with Crippen LogP contribution in [0.15, 0.2) is 42.6 Å². The van der Waals surface area contributed by atoms with E-state index in [0.29, 0.717) is 17.0 Å². The van der Waals surface area contributed by atoms with Crippen molar-refractivity contribution in [2.75, 3.05) is 0 Å². The van der Waals surface area contributed by atoms with E-state index in [1.807, 2.05) is 18.2 Å². The number of pyridine rings is 1. The molecule has 7 nitrogen and oxygen atoms in total. The van der Waals surface area contributed by atoms with Gasteiger partial charge in [-0.25, -0.2) is 4.98 Å². The summed E-state index contributed by atoms with van der Waals surface area (Å²) in [5.41, 5.74) is 8.38. The summed E-state index contributed by atoms with van der Waals surface area (Å²) in [5, 5.41) is 19.2. The lowest BCUT2D eigenvalue weighted by Gasteiger charge is -2.04. The van der Waals surface area contributed by atoms with Gasteiger partial charge in [0.1, 0.15) is 17.5 Å². The lowest BCUT2D eigenvalue weighted by molar-refractivity contribution is 0.0996. The minimum absolute atomic E-state index is 0.0897. The fourth-order valence-corrected chi connectivity index (χ4v) is 2.14. The number of H-pyrrole nitrogens is 1. The molecule has 2 heterocycles. The minimum Gasteiger partial charge on any atom is -0.364 e. The smallest absolute Gasteiger partial charge is 0.271 e. The summed E-state index contributed by atoms with van der Waals surface area (Å²) < 4.78 is 0. The zero-order valence-corrected chi connectivity index (χ0v) is 11.3. The third-order valence-corrected chi connectivity index (χ3v) is 3.16. The Bertz CT molecular complexity index is 876. The number of nitriles is 1. The monoisotopic (exact) mass is 290 g/mol. The largest absolute Gasteiger partial charge is 0.364 e. The predicted molar refractivity (Wildman–Crippen MR) is 78.3 cm³/mol. The molecule has 3 aromatic rings. The second-order valence-corrected chi connectivity index (χ2v) is 4.47. The van der Waals surface area contributed by atoms with E-state index in [0.717, 1.165) is 11.1 Å². The quantitative estimate of drug-likeness (QED) is 0.757. The maximum Gasteiger partial charge on any atom is 0.271 e. The van der Waals surface area contributed by atoms with Crippen LogP contribution in [0.3, 0.4) is 0 Å². The van der Waals surface area contributed by atoms with Gasteiger partial charge in [-0.05, 0) is 17.7 Å². The number of aromatic nitrogens is 4. The van der Waals surface area contributed by atoms with E-state index in [2.05, 4.69) is 26.5 Å². The molecule has 0 aliphatic heterocycles. The molecule has 0 unspecified atom stereocenters. The molecule has 0 aliphatic rings. The Labute approximate surface area is 125 Å². The highest BCUT2D eigenvalue weighted by Crippen LogP contribution is 2.26. The number of carbonyl (C=O) groups is 1. The Hall–Kier alpha value is -3.53. The molecule has 1 amide bonds. The van der Waals surface area contributed by atoms with Crippen LogP contribution in [-0.4, -0.2) is 26.3 Å². The summed E-state index contributed by atoms with van der Waals surface area (Å²) in [6.45, 7) is 0. The van der Waals surface area contributed by atoms with Gasteiger partial charge in [-0.2, -0.15) is 20.7 Å². The summed E-state index contributed by atoms with van der Waals surface area (Å²) in [4.78, 5) is 15.3. The van der Waals surface area contributed by atoms with E-state index in [4.69, 9.17) is 11.0 Å². The summed E-state index contributed by atoms with van der Waals surface area (Å²) >= 11 is 0. The number of nitrogens with one attached hydrogen (secondary N) is 1. The number of benzene rings is 1. The summed E-state index contributed by atoms with van der Waals surface area (Å²) in [6, 6.07) is 12.9. The second kappa shape index (κ2) is 5.46. The van der Waals surface area contributed by atoms with E-state index < -0.39 is 5.91 Å². The van der Waals surface area contributed by atoms with Crippen molar-refractivity contribution in [3.8, 4) is 28.5 Å². The van der Waals surface area contributed by atoms with Gasteiger partial charge in [-0.15, -0.1) is 0 Å². The molecule has 22 heavy (non-hydrogen) atoms. The van der Waals surface area contributed by atoms with Crippen LogP contribution in [0.4, 0.5) is 0 Å². The first kappa shape index (κ1) is 13.5. The van der Waals surface area contributed by atoms with Gasteiger partial charge in [0.25, 0.3) is 5.91 Å². The van der Waals surface area contributed by atoms with Crippen LogP contribution in [-0.2, 0) is 0 Å². The van der Waals surface area contributed by atoms with Crippen LogP contribution in [0.5, 0.6) is 0 Å². The molecule has 0 saturated carbocycles. The van der Waals surface area contributed by atoms with Gasteiger partial charge in [-0.1, -0.05) is 24.3 Å².